The third-order valence-corrected chi connectivity index (χ3v) is 7.89. The normalized spacial score (nSPS) is 17.1. The molecule has 1 aromatic carbocycles. The summed E-state index contributed by atoms with van der Waals surface area (Å²) in [5, 5.41) is 3.11. The minimum atomic E-state index is -0.619. The van der Waals surface area contributed by atoms with Gasteiger partial charge in [-0.15, -0.1) is 11.3 Å². The van der Waals surface area contributed by atoms with Gasteiger partial charge in [-0.1, -0.05) is 29.3 Å². The molecule has 2 aromatic rings. The van der Waals surface area contributed by atoms with Crippen LogP contribution in [0.15, 0.2) is 23.1 Å². The molecule has 4 amide bonds. The number of hydrogen-bond donors (Lipinski definition) is 2. The monoisotopic (exact) mass is 509 g/mol. The number of nitrogens with one attached hydrogen (secondary N) is 1. The van der Waals surface area contributed by atoms with Gasteiger partial charge in [0.25, 0.3) is 17.1 Å². The first kappa shape index (κ1) is 22.8. The fraction of sp³-hybridized carbons (Fsp3) is 0.238. The van der Waals surface area contributed by atoms with E-state index in [1.165, 1.54) is 17.4 Å². The highest BCUT2D eigenvalue weighted by Crippen LogP contribution is 2.38. The largest absolute Gasteiger partial charge is 0.365 e. The molecule has 7 nitrogen and oxygen atoms in total. The molecule has 1 aliphatic heterocycles. The third kappa shape index (κ3) is 4.43. The number of primary amides is 1. The van der Waals surface area contributed by atoms with Crippen LogP contribution in [0.3, 0.4) is 0 Å². The van der Waals surface area contributed by atoms with Gasteiger partial charge < -0.3 is 11.1 Å². The number of nitrogens with zero attached hydrogens (tertiary/aromatic N) is 1. The van der Waals surface area contributed by atoms with E-state index in [0.717, 1.165) is 41.0 Å². The topological polar surface area (TPSA) is 110 Å². The minimum absolute atomic E-state index is 0.113. The Balaban J connectivity index is 1.52. The quantitative estimate of drug-likeness (QED) is 0.567. The molecule has 0 radical (unpaired) electrons. The van der Waals surface area contributed by atoms with Gasteiger partial charge in [-0.3, -0.25) is 24.1 Å². The Labute approximate surface area is 201 Å². The van der Waals surface area contributed by atoms with Crippen LogP contribution in [0.2, 0.25) is 10.0 Å². The zero-order chi connectivity index (χ0) is 23.0. The van der Waals surface area contributed by atoms with Crippen LogP contribution >= 0.6 is 46.3 Å². The van der Waals surface area contributed by atoms with Gasteiger partial charge in [0.15, 0.2) is 0 Å². The zero-order valence-corrected chi connectivity index (χ0v) is 19.7. The number of benzene rings is 1. The van der Waals surface area contributed by atoms with Crippen LogP contribution in [0.25, 0.3) is 6.08 Å². The van der Waals surface area contributed by atoms with E-state index in [2.05, 4.69) is 5.32 Å². The molecule has 1 saturated heterocycles. The lowest BCUT2D eigenvalue weighted by molar-refractivity contribution is -0.127. The summed E-state index contributed by atoms with van der Waals surface area (Å²) in [5.41, 5.74) is 7.17. The molecule has 11 heteroatoms. The van der Waals surface area contributed by atoms with Crippen LogP contribution < -0.4 is 11.1 Å². The van der Waals surface area contributed by atoms with Gasteiger partial charge in [0.1, 0.15) is 11.5 Å². The van der Waals surface area contributed by atoms with Crippen molar-refractivity contribution in [2.75, 3.05) is 11.9 Å². The number of anilines is 1. The Hall–Kier alpha value is -2.33. The molecule has 166 valence electrons. The molecule has 32 heavy (non-hydrogen) atoms. The highest BCUT2D eigenvalue weighted by Gasteiger charge is 2.37. The van der Waals surface area contributed by atoms with E-state index in [-0.39, 0.29) is 4.91 Å². The van der Waals surface area contributed by atoms with Crippen molar-refractivity contribution in [3.63, 3.8) is 0 Å². The third-order valence-electron chi connectivity index (χ3n) is 5.12. The summed E-state index contributed by atoms with van der Waals surface area (Å²) in [6.45, 7) is -0.487. The second-order valence-corrected chi connectivity index (χ2v) is 10.1. The molecule has 4 rings (SSSR count). The predicted molar refractivity (Wildman–Crippen MR) is 127 cm³/mol. The van der Waals surface area contributed by atoms with Crippen LogP contribution in [0.5, 0.6) is 0 Å². The number of carbonyl (C=O) groups excluding carboxylic acids is 4. The zero-order valence-electron chi connectivity index (χ0n) is 16.6. The molecule has 1 aromatic heterocycles. The van der Waals surface area contributed by atoms with E-state index in [9.17, 15) is 19.2 Å². The summed E-state index contributed by atoms with van der Waals surface area (Å²) in [7, 11) is 0. The summed E-state index contributed by atoms with van der Waals surface area (Å²) in [5.74, 6) is -1.82. The molecule has 3 N–H and O–H groups in total. The van der Waals surface area contributed by atoms with E-state index in [4.69, 9.17) is 28.9 Å². The smallest absolute Gasteiger partial charge is 0.294 e. The van der Waals surface area contributed by atoms with Gasteiger partial charge in [-0.05, 0) is 61.2 Å². The van der Waals surface area contributed by atoms with Gasteiger partial charge in [-0.2, -0.15) is 0 Å². The number of amides is 4. The summed E-state index contributed by atoms with van der Waals surface area (Å²) >= 11 is 14.3. The summed E-state index contributed by atoms with van der Waals surface area (Å²) in [6, 6.07) is 4.91. The lowest BCUT2D eigenvalue weighted by atomic mass is 9.95. The average Bonchev–Trinajstić information content (AvgIpc) is 3.22. The Kier molecular flexibility index (Phi) is 6.62. The van der Waals surface area contributed by atoms with Crippen LogP contribution in [-0.2, 0) is 22.4 Å². The Morgan fingerprint density at radius 2 is 1.84 bits per heavy atom. The van der Waals surface area contributed by atoms with Crippen molar-refractivity contribution in [2.45, 2.75) is 25.7 Å². The van der Waals surface area contributed by atoms with E-state index in [0.29, 0.717) is 37.9 Å². The summed E-state index contributed by atoms with van der Waals surface area (Å²) in [6.07, 6.45) is 4.97. The van der Waals surface area contributed by atoms with E-state index >= 15 is 0 Å². The molecule has 0 atom stereocenters. The van der Waals surface area contributed by atoms with Crippen molar-refractivity contribution in [3.8, 4) is 0 Å². The first-order valence-corrected chi connectivity index (χ1v) is 12.1. The molecule has 1 fully saturated rings. The van der Waals surface area contributed by atoms with Crippen LogP contribution in [0, 0.1) is 0 Å². The molecular weight excluding hydrogens is 493 g/mol. The Morgan fingerprint density at radius 1 is 1.16 bits per heavy atom. The van der Waals surface area contributed by atoms with Gasteiger partial charge in [0, 0.05) is 20.5 Å². The van der Waals surface area contributed by atoms with Crippen LogP contribution in [0.1, 0.15) is 39.2 Å². The lowest BCUT2D eigenvalue weighted by Gasteiger charge is -2.13. The molecule has 0 bridgehead atoms. The van der Waals surface area contributed by atoms with Gasteiger partial charge in [0.2, 0.25) is 5.91 Å². The number of fused-ring (bicyclic) bond motifs is 1. The van der Waals surface area contributed by atoms with Gasteiger partial charge >= 0.3 is 0 Å². The number of aryl methyl sites for hydroxylation is 1. The fourth-order valence-corrected chi connectivity index (χ4v) is 6.28. The van der Waals surface area contributed by atoms with Gasteiger partial charge in [0.05, 0.1) is 10.5 Å². The molecule has 0 unspecified atom stereocenters. The van der Waals surface area contributed by atoms with Crippen molar-refractivity contribution >= 4 is 80.3 Å². The number of halogens is 2. The number of thioether (sulfide) groups is 1. The maximum absolute atomic E-state index is 12.7. The Morgan fingerprint density at radius 3 is 2.53 bits per heavy atom. The first-order chi connectivity index (χ1) is 15.3. The summed E-state index contributed by atoms with van der Waals surface area (Å²) in [4.78, 5) is 51.7. The molecule has 2 aliphatic rings. The maximum atomic E-state index is 12.7. The number of imide groups is 1. The molecule has 0 spiro atoms. The fourth-order valence-electron chi connectivity index (χ4n) is 3.64. The SMILES string of the molecule is NC(=O)c1c(NC(=O)CN2C(=O)S/C(=C/c3c(Cl)cccc3Cl)C2=O)sc2c1CCCC2. The number of rotatable bonds is 5. The van der Waals surface area contributed by atoms with Crippen LogP contribution in [-0.4, -0.2) is 34.4 Å². The second-order valence-electron chi connectivity index (χ2n) is 7.23. The standard InChI is InChI=1S/C21H17Cl2N3O4S2/c22-12-5-3-6-13(23)11(12)8-15-20(29)26(21(30)32-15)9-16(27)25-19-17(18(24)28)10-4-1-2-7-14(10)31-19/h3,5-6,8H,1-2,4,7,9H2,(H2,24,28)(H,25,27)/b15-8+. The van der Waals surface area contributed by atoms with E-state index in [1.54, 1.807) is 18.2 Å². The van der Waals surface area contributed by atoms with E-state index in [1.807, 2.05) is 0 Å². The van der Waals surface area contributed by atoms with Gasteiger partial charge in [-0.25, -0.2) is 0 Å². The maximum Gasteiger partial charge on any atom is 0.294 e. The first-order valence-electron chi connectivity index (χ1n) is 9.70. The molecule has 2 heterocycles. The van der Waals surface area contributed by atoms with E-state index < -0.39 is 29.5 Å². The Bertz CT molecular complexity index is 1170. The van der Waals surface area contributed by atoms with Crippen molar-refractivity contribution < 1.29 is 19.2 Å². The number of carbonyl (C=O) groups is 4. The number of hydrogen-bond acceptors (Lipinski definition) is 6. The van der Waals surface area contributed by atoms with Crippen molar-refractivity contribution in [2.24, 2.45) is 5.73 Å². The number of thiophene rings is 1. The minimum Gasteiger partial charge on any atom is -0.365 e. The van der Waals surface area contributed by atoms with Crippen LogP contribution in [0.4, 0.5) is 9.80 Å². The molecular formula is C21H17Cl2N3O4S2. The average molecular weight is 510 g/mol. The van der Waals surface area contributed by atoms with Crippen molar-refractivity contribution in [1.29, 1.82) is 0 Å². The second kappa shape index (κ2) is 9.27. The molecule has 0 saturated carbocycles. The van der Waals surface area contributed by atoms with Crippen molar-refractivity contribution in [3.05, 3.63) is 54.7 Å². The highest BCUT2D eigenvalue weighted by molar-refractivity contribution is 8.18. The highest BCUT2D eigenvalue weighted by atomic mass is 35.5. The summed E-state index contributed by atoms with van der Waals surface area (Å²) < 4.78 is 0. The van der Waals surface area contributed by atoms with Crippen molar-refractivity contribution in [1.82, 2.24) is 4.90 Å². The number of nitrogens with two attached hydrogens (primary N) is 1. The lowest BCUT2D eigenvalue weighted by Crippen LogP contribution is -2.36. The predicted octanol–water partition coefficient (Wildman–Crippen LogP) is 4.71. The molecule has 1 aliphatic carbocycles.